The topological polar surface area (TPSA) is 87.9 Å². The lowest BCUT2D eigenvalue weighted by Gasteiger charge is -2.16. The summed E-state index contributed by atoms with van der Waals surface area (Å²) in [5.41, 5.74) is -0.385. The molecule has 104 valence electrons. The second-order valence-electron chi connectivity index (χ2n) is 3.82. The molecule has 0 aliphatic carbocycles. The van der Waals surface area contributed by atoms with Gasteiger partial charge in [0.1, 0.15) is 6.10 Å². The van der Waals surface area contributed by atoms with Gasteiger partial charge in [-0.25, -0.2) is 0 Å². The van der Waals surface area contributed by atoms with E-state index >= 15 is 0 Å². The van der Waals surface area contributed by atoms with Crippen molar-refractivity contribution in [2.45, 2.75) is 13.0 Å². The second kappa shape index (κ2) is 6.69. The van der Waals surface area contributed by atoms with Crippen molar-refractivity contribution in [3.8, 4) is 11.5 Å². The van der Waals surface area contributed by atoms with Gasteiger partial charge in [-0.3, -0.25) is 14.9 Å². The highest BCUT2D eigenvalue weighted by Gasteiger charge is 2.20. The van der Waals surface area contributed by atoms with E-state index < -0.39 is 4.92 Å². The molecule has 1 rings (SSSR count). The summed E-state index contributed by atoms with van der Waals surface area (Å²) < 4.78 is 15.5. The summed E-state index contributed by atoms with van der Waals surface area (Å²) in [6.07, 6.45) is 0.101. The van der Waals surface area contributed by atoms with E-state index in [-0.39, 0.29) is 28.9 Å². The second-order valence-corrected chi connectivity index (χ2v) is 3.82. The molecule has 0 fully saturated rings. The number of aldehydes is 1. The van der Waals surface area contributed by atoms with Crippen molar-refractivity contribution in [2.24, 2.45) is 0 Å². The largest absolute Gasteiger partial charge is 0.493 e. The molecule has 0 N–H and O–H groups in total. The number of hydrogen-bond acceptors (Lipinski definition) is 6. The molecule has 0 saturated carbocycles. The number of rotatable bonds is 7. The maximum Gasteiger partial charge on any atom is 0.283 e. The molecule has 0 saturated heterocycles. The highest BCUT2D eigenvalue weighted by molar-refractivity contribution is 5.83. The van der Waals surface area contributed by atoms with Crippen molar-refractivity contribution in [3.05, 3.63) is 27.8 Å². The van der Waals surface area contributed by atoms with Crippen LogP contribution in [0.3, 0.4) is 0 Å². The standard InChI is InChI=1S/C12H15NO6/c1-8(7-17-2)19-12-5-10(13(15)16)9(6-14)4-11(12)18-3/h4-6,8H,7H2,1-3H3. The number of hydrogen-bond donors (Lipinski definition) is 0. The predicted molar refractivity (Wildman–Crippen MR) is 67.0 cm³/mol. The number of carbonyl (C=O) groups is 1. The third-order valence-corrected chi connectivity index (χ3v) is 2.37. The van der Waals surface area contributed by atoms with Gasteiger partial charge >= 0.3 is 0 Å². The molecule has 1 aromatic rings. The minimum atomic E-state index is -0.642. The Hall–Kier alpha value is -2.15. The molecule has 0 bridgehead atoms. The minimum Gasteiger partial charge on any atom is -0.493 e. The molecule has 7 heteroatoms. The van der Waals surface area contributed by atoms with Gasteiger partial charge in [0.2, 0.25) is 0 Å². The zero-order valence-electron chi connectivity index (χ0n) is 10.9. The third-order valence-electron chi connectivity index (χ3n) is 2.37. The van der Waals surface area contributed by atoms with Crippen LogP contribution >= 0.6 is 0 Å². The molecule has 0 aromatic heterocycles. The van der Waals surface area contributed by atoms with Gasteiger partial charge in [0.25, 0.3) is 5.69 Å². The van der Waals surface area contributed by atoms with Crippen molar-refractivity contribution >= 4 is 12.0 Å². The fraction of sp³-hybridized carbons (Fsp3) is 0.417. The Balaban J connectivity index is 3.18. The molecule has 0 aliphatic rings. The van der Waals surface area contributed by atoms with Gasteiger partial charge in [-0.1, -0.05) is 0 Å². The van der Waals surface area contributed by atoms with Crippen LogP contribution in [-0.2, 0) is 4.74 Å². The van der Waals surface area contributed by atoms with Crippen molar-refractivity contribution in [1.29, 1.82) is 0 Å². The molecule has 1 unspecified atom stereocenters. The molecule has 7 nitrogen and oxygen atoms in total. The van der Waals surface area contributed by atoms with Crippen LogP contribution in [0.15, 0.2) is 12.1 Å². The number of benzene rings is 1. The molecule has 0 radical (unpaired) electrons. The normalized spacial score (nSPS) is 11.7. The maximum absolute atomic E-state index is 10.9. The Morgan fingerprint density at radius 2 is 2.05 bits per heavy atom. The van der Waals surface area contributed by atoms with Gasteiger partial charge in [-0.05, 0) is 6.92 Å². The van der Waals surface area contributed by atoms with Crippen molar-refractivity contribution < 1.29 is 23.9 Å². The highest BCUT2D eigenvalue weighted by Crippen LogP contribution is 2.34. The van der Waals surface area contributed by atoms with Gasteiger partial charge in [0, 0.05) is 13.2 Å². The zero-order chi connectivity index (χ0) is 14.4. The van der Waals surface area contributed by atoms with E-state index in [1.54, 1.807) is 6.92 Å². The van der Waals surface area contributed by atoms with Crippen LogP contribution in [0.1, 0.15) is 17.3 Å². The summed E-state index contributed by atoms with van der Waals surface area (Å²) in [6, 6.07) is 2.45. The van der Waals surface area contributed by atoms with Crippen LogP contribution in [-0.4, -0.2) is 38.1 Å². The molecule has 19 heavy (non-hydrogen) atoms. The zero-order valence-corrected chi connectivity index (χ0v) is 10.9. The molecular weight excluding hydrogens is 254 g/mol. The SMILES string of the molecule is COCC(C)Oc1cc([N+](=O)[O-])c(C=O)cc1OC. The Morgan fingerprint density at radius 1 is 1.37 bits per heavy atom. The maximum atomic E-state index is 10.9. The van der Waals surface area contributed by atoms with E-state index in [9.17, 15) is 14.9 Å². The Morgan fingerprint density at radius 3 is 2.53 bits per heavy atom. The summed E-state index contributed by atoms with van der Waals surface area (Å²) in [5.74, 6) is 0.458. The monoisotopic (exact) mass is 269 g/mol. The minimum absolute atomic E-state index is 0.0615. The fourth-order valence-corrected chi connectivity index (χ4v) is 1.55. The van der Waals surface area contributed by atoms with E-state index in [4.69, 9.17) is 14.2 Å². The van der Waals surface area contributed by atoms with E-state index in [1.807, 2.05) is 0 Å². The third kappa shape index (κ3) is 3.65. The summed E-state index contributed by atoms with van der Waals surface area (Å²) >= 11 is 0. The summed E-state index contributed by atoms with van der Waals surface area (Å²) in [7, 11) is 2.92. The smallest absolute Gasteiger partial charge is 0.283 e. The quantitative estimate of drug-likeness (QED) is 0.426. The van der Waals surface area contributed by atoms with Gasteiger partial charge < -0.3 is 14.2 Å². The Labute approximate surface area is 110 Å². The first-order valence-electron chi connectivity index (χ1n) is 5.50. The number of carbonyl (C=O) groups excluding carboxylic acids is 1. The molecule has 1 aromatic carbocycles. The van der Waals surface area contributed by atoms with Crippen LogP contribution in [0, 0.1) is 10.1 Å². The summed E-state index contributed by atoms with van der Waals surface area (Å²) in [4.78, 5) is 21.0. The lowest BCUT2D eigenvalue weighted by molar-refractivity contribution is -0.385. The Bertz CT molecular complexity index is 474. The first-order valence-corrected chi connectivity index (χ1v) is 5.50. The van der Waals surface area contributed by atoms with E-state index in [0.29, 0.717) is 12.9 Å². The molecular formula is C12H15NO6. The van der Waals surface area contributed by atoms with Crippen LogP contribution in [0.5, 0.6) is 11.5 Å². The molecule has 0 amide bonds. The highest BCUT2D eigenvalue weighted by atomic mass is 16.6. The van der Waals surface area contributed by atoms with Crippen LogP contribution in [0.4, 0.5) is 5.69 Å². The molecule has 0 spiro atoms. The average molecular weight is 269 g/mol. The predicted octanol–water partition coefficient (Wildman–Crippen LogP) is 1.83. The number of nitro groups is 1. The lowest BCUT2D eigenvalue weighted by atomic mass is 10.1. The van der Waals surface area contributed by atoms with Crippen LogP contribution in [0.2, 0.25) is 0 Å². The van der Waals surface area contributed by atoms with Gasteiger partial charge in [-0.2, -0.15) is 0 Å². The average Bonchev–Trinajstić information content (AvgIpc) is 2.38. The number of nitro benzene ring substituents is 1. The van der Waals surface area contributed by atoms with Crippen LogP contribution in [0.25, 0.3) is 0 Å². The first-order chi connectivity index (χ1) is 9.03. The van der Waals surface area contributed by atoms with Crippen molar-refractivity contribution in [3.63, 3.8) is 0 Å². The Kier molecular flexibility index (Phi) is 5.25. The van der Waals surface area contributed by atoms with Gasteiger partial charge in [0.05, 0.1) is 30.3 Å². The van der Waals surface area contributed by atoms with Crippen molar-refractivity contribution in [2.75, 3.05) is 20.8 Å². The van der Waals surface area contributed by atoms with Gasteiger partial charge in [-0.15, -0.1) is 0 Å². The van der Waals surface area contributed by atoms with E-state index in [0.717, 1.165) is 0 Å². The van der Waals surface area contributed by atoms with Crippen LogP contribution < -0.4 is 9.47 Å². The number of methoxy groups -OCH3 is 2. The van der Waals surface area contributed by atoms with Gasteiger partial charge in [0.15, 0.2) is 17.8 Å². The first kappa shape index (κ1) is 14.9. The number of ether oxygens (including phenoxy) is 3. The lowest BCUT2D eigenvalue weighted by Crippen LogP contribution is -2.18. The molecule has 1 atom stereocenters. The summed E-state index contributed by atoms with van der Waals surface area (Å²) in [6.45, 7) is 2.08. The van der Waals surface area contributed by atoms with E-state index in [2.05, 4.69) is 0 Å². The van der Waals surface area contributed by atoms with E-state index in [1.165, 1.54) is 26.4 Å². The fourth-order valence-electron chi connectivity index (χ4n) is 1.55. The molecule has 0 heterocycles. The summed E-state index contributed by atoms with van der Waals surface area (Å²) in [5, 5.41) is 10.9. The van der Waals surface area contributed by atoms with Crippen molar-refractivity contribution in [1.82, 2.24) is 0 Å². The number of nitrogens with zero attached hydrogens (tertiary/aromatic N) is 1. The molecule has 0 aliphatic heterocycles.